The normalized spacial score (nSPS) is 13.0. The fourth-order valence-corrected chi connectivity index (χ4v) is 10.4. The quantitative estimate of drug-likeness (QED) is 0.0373. The van der Waals surface area contributed by atoms with E-state index in [1.807, 2.05) is 215 Å². The Morgan fingerprint density at radius 3 is 0.523 bits per heavy atom. The standard InChI is InChI=1S/C73H108O12.H3P/c1-65(2,3)49-33-45(34-50(61(49)78)66(4,5)6)25-29-57(74)82-41-73(42-83-58(75)30-26-46-35-51(67(7,8)9)62(79)52(36-46)68(10,11)12,43-84-59(76)31-27-47-37-53(69(13,14)15)63(80)54(38-47)70(16,17)18)44-85-60(77)32-28-48-39-55(71(19,20)21)64(81)56(40-48)72(22,23)24;/h33-40,78-81H,25-32,41-44H2,1-24H3;1H3. The molecule has 1 atom stereocenters. The smallest absolute Gasteiger partial charge is 0.306 e. The average molecular weight is 1210 g/mol. The number of carbonyl (C=O) groups is 4. The molecule has 1 unspecified atom stereocenters. The Balaban J connectivity index is 0.0000194. The van der Waals surface area contributed by atoms with Gasteiger partial charge in [-0.1, -0.05) is 215 Å². The molecule has 86 heavy (non-hydrogen) atoms. The Kier molecular flexibility index (Phi) is 24.2. The largest absolute Gasteiger partial charge is 0.507 e. The number of hydrogen-bond donors (Lipinski definition) is 4. The lowest BCUT2D eigenvalue weighted by Crippen LogP contribution is -2.44. The Hall–Kier alpha value is -5.61. The molecule has 0 spiro atoms. The number of hydrogen-bond acceptors (Lipinski definition) is 12. The molecular formula is C73H111O12P. The Bertz CT molecular complexity index is 2480. The van der Waals surface area contributed by atoms with E-state index in [0.717, 1.165) is 66.8 Å². The van der Waals surface area contributed by atoms with Crippen molar-refractivity contribution < 1.29 is 58.6 Å². The lowest BCUT2D eigenvalue weighted by atomic mass is 9.78. The van der Waals surface area contributed by atoms with Crippen molar-refractivity contribution in [2.45, 2.75) is 261 Å². The summed E-state index contributed by atoms with van der Waals surface area (Å²) in [4.78, 5) is 56.4. The zero-order chi connectivity index (χ0) is 65.0. The second kappa shape index (κ2) is 27.8. The molecule has 4 aromatic carbocycles. The first-order chi connectivity index (χ1) is 38.4. The number of carbonyl (C=O) groups excluding carboxylic acids is 4. The van der Waals surface area contributed by atoms with Crippen LogP contribution in [-0.2, 0) is 107 Å². The SMILES string of the molecule is CC(C)(C)c1cc(CCC(=O)OCC(COC(=O)CCc2cc(C(C)(C)C)c(O)c(C(C)(C)C)c2)(COC(=O)CCc2cc(C(C)(C)C)c(O)c(C(C)(C)C)c2)COC(=O)CCc2cc(C(C)(C)C)c(O)c(C(C)(C)C)c2)cc(C(C)(C)C)c1O.P. The summed E-state index contributed by atoms with van der Waals surface area (Å²) >= 11 is 0. The van der Waals surface area contributed by atoms with Crippen LogP contribution < -0.4 is 0 Å². The van der Waals surface area contributed by atoms with E-state index in [0.29, 0.717) is 0 Å². The highest BCUT2D eigenvalue weighted by Crippen LogP contribution is 2.44. The van der Waals surface area contributed by atoms with Crippen LogP contribution in [0.3, 0.4) is 0 Å². The van der Waals surface area contributed by atoms with Gasteiger partial charge in [-0.2, -0.15) is 9.90 Å². The summed E-state index contributed by atoms with van der Waals surface area (Å²) in [5.74, 6) is -1.49. The molecule has 0 aliphatic heterocycles. The average Bonchev–Trinajstić information content (AvgIpc) is 1.09. The molecule has 12 nitrogen and oxygen atoms in total. The first-order valence-corrected chi connectivity index (χ1v) is 30.5. The van der Waals surface area contributed by atoms with E-state index in [9.17, 15) is 39.6 Å². The van der Waals surface area contributed by atoms with Crippen molar-refractivity contribution in [2.24, 2.45) is 5.41 Å². The maximum Gasteiger partial charge on any atom is 0.306 e. The lowest BCUT2D eigenvalue weighted by molar-refractivity contribution is -0.170. The number of esters is 4. The van der Waals surface area contributed by atoms with Gasteiger partial charge in [0.25, 0.3) is 0 Å². The first kappa shape index (κ1) is 74.6. The van der Waals surface area contributed by atoms with Gasteiger partial charge in [0.1, 0.15) is 54.8 Å². The minimum Gasteiger partial charge on any atom is -0.507 e. The highest BCUT2D eigenvalue weighted by Gasteiger charge is 2.39. The molecule has 0 saturated heterocycles. The van der Waals surface area contributed by atoms with Gasteiger partial charge in [-0.25, -0.2) is 0 Å². The van der Waals surface area contributed by atoms with Crippen molar-refractivity contribution in [3.8, 4) is 23.0 Å². The second-order valence-corrected chi connectivity index (χ2v) is 32.3. The summed E-state index contributed by atoms with van der Waals surface area (Å²) in [5, 5.41) is 45.7. The van der Waals surface area contributed by atoms with Crippen LogP contribution in [0, 0.1) is 5.41 Å². The first-order valence-electron chi connectivity index (χ1n) is 30.5. The van der Waals surface area contributed by atoms with Gasteiger partial charge in [0.2, 0.25) is 0 Å². The number of aromatic hydroxyl groups is 4. The van der Waals surface area contributed by atoms with Crippen molar-refractivity contribution in [2.75, 3.05) is 26.4 Å². The molecule has 0 bridgehead atoms. The third-order valence-corrected chi connectivity index (χ3v) is 15.8. The molecule has 0 aliphatic carbocycles. The topological polar surface area (TPSA) is 186 Å². The van der Waals surface area contributed by atoms with Crippen LogP contribution in [0.5, 0.6) is 23.0 Å². The van der Waals surface area contributed by atoms with E-state index >= 15 is 0 Å². The van der Waals surface area contributed by atoms with Crippen LogP contribution in [-0.4, -0.2) is 70.7 Å². The molecule has 4 aromatic rings. The number of benzene rings is 4. The molecule has 0 aliphatic rings. The molecule has 4 N–H and O–H groups in total. The molecule has 0 aromatic heterocycles. The van der Waals surface area contributed by atoms with Gasteiger partial charge in [0.05, 0.1) is 0 Å². The van der Waals surface area contributed by atoms with E-state index in [2.05, 4.69) is 0 Å². The molecule has 4 rings (SSSR count). The van der Waals surface area contributed by atoms with Crippen LogP contribution in [0.25, 0.3) is 0 Å². The second-order valence-electron chi connectivity index (χ2n) is 32.3. The highest BCUT2D eigenvalue weighted by molar-refractivity contribution is 6.92. The summed E-state index contributed by atoms with van der Waals surface area (Å²) in [6, 6.07) is 15.4. The molecule has 13 heteroatoms. The maximum atomic E-state index is 14.1. The molecule has 480 valence electrons. The van der Waals surface area contributed by atoms with E-state index < -0.39 is 99.0 Å². The van der Waals surface area contributed by atoms with Gasteiger partial charge >= 0.3 is 23.9 Å². The molecular weight excluding hydrogens is 1100 g/mol. The van der Waals surface area contributed by atoms with Crippen LogP contribution in [0.15, 0.2) is 48.5 Å². The number of rotatable bonds is 20. The Labute approximate surface area is 521 Å². The zero-order valence-corrected chi connectivity index (χ0v) is 58.8. The van der Waals surface area contributed by atoms with E-state index in [4.69, 9.17) is 18.9 Å². The monoisotopic (exact) mass is 1210 g/mol. The third-order valence-electron chi connectivity index (χ3n) is 15.8. The van der Waals surface area contributed by atoms with Crippen LogP contribution in [0.1, 0.15) is 259 Å². The molecule has 0 amide bonds. The number of phenolic OH excluding ortho intramolecular Hbond substituents is 4. The van der Waals surface area contributed by atoms with Crippen LogP contribution >= 0.6 is 9.90 Å². The zero-order valence-electron chi connectivity index (χ0n) is 57.4. The molecule has 0 radical (unpaired) electrons. The van der Waals surface area contributed by atoms with Crippen molar-refractivity contribution in [3.05, 3.63) is 115 Å². The minimum absolute atomic E-state index is 0. The fourth-order valence-electron chi connectivity index (χ4n) is 10.4. The molecule has 0 heterocycles. The Morgan fingerprint density at radius 1 is 0.279 bits per heavy atom. The number of phenols is 4. The summed E-state index contributed by atoms with van der Waals surface area (Å²) in [7, 11) is 0. The Morgan fingerprint density at radius 2 is 0.407 bits per heavy atom. The van der Waals surface area contributed by atoms with Gasteiger partial charge in [-0.3, -0.25) is 19.2 Å². The van der Waals surface area contributed by atoms with Crippen molar-refractivity contribution in [1.82, 2.24) is 0 Å². The van der Waals surface area contributed by atoms with E-state index in [1.165, 1.54) is 0 Å². The summed E-state index contributed by atoms with van der Waals surface area (Å²) in [5.41, 5.74) is 4.62. The summed E-state index contributed by atoms with van der Waals surface area (Å²) in [6.45, 7) is 46.7. The summed E-state index contributed by atoms with van der Waals surface area (Å²) < 4.78 is 24.4. The predicted molar refractivity (Wildman–Crippen MR) is 353 cm³/mol. The van der Waals surface area contributed by atoms with Gasteiger partial charge in [-0.15, -0.1) is 0 Å². The highest BCUT2D eigenvalue weighted by atomic mass is 31.0. The van der Waals surface area contributed by atoms with Gasteiger partial charge in [0.15, 0.2) is 0 Å². The van der Waals surface area contributed by atoms with Crippen molar-refractivity contribution >= 4 is 33.8 Å². The molecule has 0 saturated carbocycles. The summed E-state index contributed by atoms with van der Waals surface area (Å²) in [6.07, 6.45) is 0.854. The van der Waals surface area contributed by atoms with E-state index in [-0.39, 0.29) is 84.3 Å². The van der Waals surface area contributed by atoms with Crippen molar-refractivity contribution in [3.63, 3.8) is 0 Å². The fraction of sp³-hybridized carbons (Fsp3) is 0.616. The van der Waals surface area contributed by atoms with Gasteiger partial charge in [-0.05, 0) is 136 Å². The third kappa shape index (κ3) is 20.8. The number of aryl methyl sites for hydroxylation is 4. The van der Waals surface area contributed by atoms with Gasteiger partial charge in [0, 0.05) is 25.7 Å². The van der Waals surface area contributed by atoms with Crippen LogP contribution in [0.4, 0.5) is 0 Å². The predicted octanol–water partition coefficient (Wildman–Crippen LogP) is 15.9. The maximum absolute atomic E-state index is 14.1. The molecule has 0 fully saturated rings. The van der Waals surface area contributed by atoms with Gasteiger partial charge < -0.3 is 39.4 Å². The van der Waals surface area contributed by atoms with Crippen LogP contribution in [0.2, 0.25) is 0 Å². The van der Waals surface area contributed by atoms with Crippen molar-refractivity contribution in [1.29, 1.82) is 0 Å². The lowest BCUT2D eigenvalue weighted by Gasteiger charge is -2.32. The van der Waals surface area contributed by atoms with E-state index in [1.54, 1.807) is 0 Å². The number of ether oxygens (including phenoxy) is 4. The minimum atomic E-state index is -1.58.